The second kappa shape index (κ2) is 6.57. The normalized spacial score (nSPS) is 20.8. The van der Waals surface area contributed by atoms with E-state index in [-0.39, 0.29) is 24.1 Å². The molecule has 0 radical (unpaired) electrons. The molecule has 0 spiro atoms. The summed E-state index contributed by atoms with van der Waals surface area (Å²) in [6, 6.07) is 7.15. The first kappa shape index (κ1) is 13.9. The number of amides is 1. The molecule has 1 amide bonds. The number of carbonyl (C=O) groups excluding carboxylic acids is 1. The molecule has 1 fully saturated rings. The molecule has 1 aliphatic heterocycles. The number of phenolic OH excluding ortho intramolecular Hbond substituents is 1. The topological polar surface area (TPSA) is 61.4 Å². The summed E-state index contributed by atoms with van der Waals surface area (Å²) in [6.07, 6.45) is 2.56. The van der Waals surface area contributed by atoms with E-state index in [9.17, 15) is 9.90 Å². The molecule has 1 saturated heterocycles. The average molecular weight is 262 g/mol. The summed E-state index contributed by atoms with van der Waals surface area (Å²) in [6.45, 7) is 4.10. The lowest BCUT2D eigenvalue weighted by Crippen LogP contribution is -2.45. The molecule has 2 unspecified atom stereocenters. The maximum atomic E-state index is 12.0. The van der Waals surface area contributed by atoms with Crippen LogP contribution >= 0.6 is 0 Å². The molecule has 2 atom stereocenters. The van der Waals surface area contributed by atoms with E-state index in [0.29, 0.717) is 11.5 Å². The summed E-state index contributed by atoms with van der Waals surface area (Å²) in [5, 5.41) is 16.0. The zero-order chi connectivity index (χ0) is 13.7. The fourth-order valence-corrected chi connectivity index (χ4v) is 2.56. The van der Waals surface area contributed by atoms with Crippen molar-refractivity contribution in [3.8, 4) is 5.75 Å². The Morgan fingerprint density at radius 1 is 1.53 bits per heavy atom. The van der Waals surface area contributed by atoms with Gasteiger partial charge in [0, 0.05) is 11.6 Å². The Labute approximate surface area is 114 Å². The molecule has 1 heterocycles. The van der Waals surface area contributed by atoms with Crippen LogP contribution in [0.5, 0.6) is 5.75 Å². The maximum Gasteiger partial charge on any atom is 0.224 e. The van der Waals surface area contributed by atoms with Crippen molar-refractivity contribution in [1.82, 2.24) is 10.6 Å². The van der Waals surface area contributed by atoms with Gasteiger partial charge < -0.3 is 15.7 Å². The first-order valence-corrected chi connectivity index (χ1v) is 6.94. The number of nitrogens with one attached hydrogen (secondary N) is 2. The lowest BCUT2D eigenvalue weighted by atomic mass is 9.92. The summed E-state index contributed by atoms with van der Waals surface area (Å²) in [4.78, 5) is 12.0. The van der Waals surface area contributed by atoms with Crippen LogP contribution in [-0.2, 0) is 11.2 Å². The molecule has 1 aliphatic rings. The molecule has 1 aromatic rings. The first-order chi connectivity index (χ1) is 9.16. The molecular formula is C15H22N2O2. The van der Waals surface area contributed by atoms with E-state index in [4.69, 9.17) is 0 Å². The fraction of sp³-hybridized carbons (Fsp3) is 0.533. The minimum Gasteiger partial charge on any atom is -0.508 e. The summed E-state index contributed by atoms with van der Waals surface area (Å²) >= 11 is 0. The monoisotopic (exact) mass is 262 g/mol. The van der Waals surface area contributed by atoms with Gasteiger partial charge in [-0.3, -0.25) is 4.79 Å². The van der Waals surface area contributed by atoms with Gasteiger partial charge in [0.15, 0.2) is 0 Å². The molecule has 4 heteroatoms. The Morgan fingerprint density at radius 3 is 3.00 bits per heavy atom. The molecule has 0 aromatic heterocycles. The number of aromatic hydroxyl groups is 1. The third-order valence-corrected chi connectivity index (χ3v) is 3.77. The molecule has 0 bridgehead atoms. The molecule has 4 nitrogen and oxygen atoms in total. The van der Waals surface area contributed by atoms with Gasteiger partial charge in [0.25, 0.3) is 0 Å². The van der Waals surface area contributed by atoms with Crippen LogP contribution < -0.4 is 10.6 Å². The van der Waals surface area contributed by atoms with Gasteiger partial charge in [-0.05, 0) is 44.8 Å². The molecule has 0 aliphatic carbocycles. The number of benzene rings is 1. The molecule has 19 heavy (non-hydrogen) atoms. The molecule has 1 aromatic carbocycles. The Balaban J connectivity index is 1.85. The van der Waals surface area contributed by atoms with Crippen LogP contribution in [0.2, 0.25) is 0 Å². The number of piperidine rings is 1. The highest BCUT2D eigenvalue weighted by Gasteiger charge is 2.21. The van der Waals surface area contributed by atoms with Crippen LogP contribution in [0.1, 0.15) is 25.3 Å². The highest BCUT2D eigenvalue weighted by molar-refractivity contribution is 5.79. The van der Waals surface area contributed by atoms with Crippen LogP contribution in [0.3, 0.4) is 0 Å². The Hall–Kier alpha value is -1.55. The third-order valence-electron chi connectivity index (χ3n) is 3.77. The van der Waals surface area contributed by atoms with Crippen molar-refractivity contribution in [2.45, 2.75) is 32.2 Å². The SMILES string of the molecule is CC(NC(=O)Cc1ccccc1O)C1CCCNC1. The summed E-state index contributed by atoms with van der Waals surface area (Å²) in [5.41, 5.74) is 0.675. The van der Waals surface area contributed by atoms with Crippen molar-refractivity contribution in [3.05, 3.63) is 29.8 Å². The maximum absolute atomic E-state index is 12.0. The van der Waals surface area contributed by atoms with E-state index in [2.05, 4.69) is 17.6 Å². The Morgan fingerprint density at radius 2 is 2.32 bits per heavy atom. The van der Waals surface area contributed by atoms with Gasteiger partial charge in [0.1, 0.15) is 5.75 Å². The Bertz CT molecular complexity index is 428. The lowest BCUT2D eigenvalue weighted by Gasteiger charge is -2.29. The minimum absolute atomic E-state index is 0.0282. The van der Waals surface area contributed by atoms with Gasteiger partial charge >= 0.3 is 0 Å². The van der Waals surface area contributed by atoms with Crippen molar-refractivity contribution >= 4 is 5.91 Å². The second-order valence-electron chi connectivity index (χ2n) is 5.27. The van der Waals surface area contributed by atoms with Gasteiger partial charge in [0.2, 0.25) is 5.91 Å². The zero-order valence-corrected chi connectivity index (χ0v) is 11.4. The summed E-state index contributed by atoms with van der Waals surface area (Å²) in [5.74, 6) is 0.659. The van der Waals surface area contributed by atoms with Gasteiger partial charge in [0.05, 0.1) is 6.42 Å². The minimum atomic E-state index is -0.0282. The highest BCUT2D eigenvalue weighted by Crippen LogP contribution is 2.17. The second-order valence-corrected chi connectivity index (χ2v) is 5.27. The largest absolute Gasteiger partial charge is 0.508 e. The number of phenols is 1. The summed E-state index contributed by atoms with van der Waals surface area (Å²) in [7, 11) is 0. The van der Waals surface area contributed by atoms with Crippen molar-refractivity contribution in [2.24, 2.45) is 5.92 Å². The van der Waals surface area contributed by atoms with E-state index in [1.807, 2.05) is 6.07 Å². The average Bonchev–Trinajstić information content (AvgIpc) is 2.42. The van der Waals surface area contributed by atoms with Crippen molar-refractivity contribution in [1.29, 1.82) is 0 Å². The smallest absolute Gasteiger partial charge is 0.224 e. The van der Waals surface area contributed by atoms with E-state index < -0.39 is 0 Å². The zero-order valence-electron chi connectivity index (χ0n) is 11.4. The molecule has 0 saturated carbocycles. The van der Waals surface area contributed by atoms with E-state index in [0.717, 1.165) is 19.5 Å². The number of carbonyl (C=O) groups is 1. The predicted octanol–water partition coefficient (Wildman–Crippen LogP) is 1.44. The van der Waals surface area contributed by atoms with Gasteiger partial charge in [-0.1, -0.05) is 18.2 Å². The first-order valence-electron chi connectivity index (χ1n) is 6.94. The summed E-state index contributed by atoms with van der Waals surface area (Å²) < 4.78 is 0. The van der Waals surface area contributed by atoms with Crippen LogP contribution in [-0.4, -0.2) is 30.1 Å². The fourth-order valence-electron chi connectivity index (χ4n) is 2.56. The van der Waals surface area contributed by atoms with Crippen LogP contribution in [0.4, 0.5) is 0 Å². The van der Waals surface area contributed by atoms with Crippen molar-refractivity contribution in [2.75, 3.05) is 13.1 Å². The van der Waals surface area contributed by atoms with E-state index in [1.54, 1.807) is 18.2 Å². The van der Waals surface area contributed by atoms with Gasteiger partial charge in [-0.2, -0.15) is 0 Å². The van der Waals surface area contributed by atoms with E-state index in [1.165, 1.54) is 6.42 Å². The van der Waals surface area contributed by atoms with Gasteiger partial charge in [-0.25, -0.2) is 0 Å². The van der Waals surface area contributed by atoms with Crippen LogP contribution in [0.15, 0.2) is 24.3 Å². The molecule has 3 N–H and O–H groups in total. The van der Waals surface area contributed by atoms with E-state index >= 15 is 0 Å². The predicted molar refractivity (Wildman–Crippen MR) is 75.0 cm³/mol. The van der Waals surface area contributed by atoms with Crippen molar-refractivity contribution in [3.63, 3.8) is 0 Å². The number of para-hydroxylation sites is 1. The standard InChI is InChI=1S/C15H22N2O2/c1-11(13-6-4-8-16-10-13)17-15(19)9-12-5-2-3-7-14(12)18/h2-3,5,7,11,13,16,18H,4,6,8-10H2,1H3,(H,17,19). The number of rotatable bonds is 4. The van der Waals surface area contributed by atoms with Crippen LogP contribution in [0.25, 0.3) is 0 Å². The number of hydrogen-bond donors (Lipinski definition) is 3. The molecular weight excluding hydrogens is 240 g/mol. The van der Waals surface area contributed by atoms with Gasteiger partial charge in [-0.15, -0.1) is 0 Å². The Kier molecular flexibility index (Phi) is 4.80. The van der Waals surface area contributed by atoms with Crippen molar-refractivity contribution < 1.29 is 9.90 Å². The molecule has 104 valence electrons. The molecule has 2 rings (SSSR count). The quantitative estimate of drug-likeness (QED) is 0.769. The third kappa shape index (κ3) is 3.96. The highest BCUT2D eigenvalue weighted by atomic mass is 16.3. The van der Waals surface area contributed by atoms with Crippen LogP contribution in [0, 0.1) is 5.92 Å². The lowest BCUT2D eigenvalue weighted by molar-refractivity contribution is -0.121. The number of hydrogen-bond acceptors (Lipinski definition) is 3.